The lowest BCUT2D eigenvalue weighted by atomic mass is 10.2. The summed E-state index contributed by atoms with van der Waals surface area (Å²) in [5.41, 5.74) is 7.09. The van der Waals surface area contributed by atoms with Gasteiger partial charge in [0, 0.05) is 5.69 Å². The number of carbonyl (C=O) groups excluding carboxylic acids is 2. The van der Waals surface area contributed by atoms with Crippen LogP contribution in [0.15, 0.2) is 42.5 Å². The summed E-state index contributed by atoms with van der Waals surface area (Å²) >= 11 is 0. The van der Waals surface area contributed by atoms with Crippen molar-refractivity contribution in [3.05, 3.63) is 59.4 Å². The number of nitrogens with two attached hydrogens (primary N) is 1. The molecule has 0 unspecified atom stereocenters. The molecule has 2 aromatic rings. The Hall–Kier alpha value is -2.89. The number of halogens is 1. The number of esters is 1. The molecule has 0 saturated heterocycles. The topological polar surface area (TPSA) is 81.4 Å². The van der Waals surface area contributed by atoms with E-state index in [1.165, 1.54) is 24.3 Å². The second-order valence-electron chi connectivity index (χ2n) is 4.73. The Balaban J connectivity index is 1.89. The van der Waals surface area contributed by atoms with Crippen LogP contribution in [0.3, 0.4) is 0 Å². The molecule has 0 aliphatic heterocycles. The van der Waals surface area contributed by atoms with Crippen LogP contribution < -0.4 is 11.1 Å². The first-order chi connectivity index (χ1) is 10.5. The van der Waals surface area contributed by atoms with Crippen molar-refractivity contribution in [2.45, 2.75) is 6.92 Å². The average Bonchev–Trinajstić information content (AvgIpc) is 2.48. The van der Waals surface area contributed by atoms with Crippen LogP contribution in [0.5, 0.6) is 0 Å². The van der Waals surface area contributed by atoms with E-state index in [1.54, 1.807) is 25.1 Å². The first-order valence-electron chi connectivity index (χ1n) is 6.54. The molecule has 0 fully saturated rings. The van der Waals surface area contributed by atoms with Crippen molar-refractivity contribution >= 4 is 23.3 Å². The lowest BCUT2D eigenvalue weighted by Gasteiger charge is -2.08. The Bertz CT molecular complexity index is 699. The maximum Gasteiger partial charge on any atom is 0.338 e. The van der Waals surface area contributed by atoms with Crippen molar-refractivity contribution < 1.29 is 18.7 Å². The summed E-state index contributed by atoms with van der Waals surface area (Å²) in [6, 6.07) is 10.5. The largest absolute Gasteiger partial charge is 0.452 e. The molecule has 0 aliphatic rings. The average molecular weight is 302 g/mol. The highest BCUT2D eigenvalue weighted by Crippen LogP contribution is 2.15. The zero-order valence-corrected chi connectivity index (χ0v) is 11.9. The zero-order chi connectivity index (χ0) is 16.1. The van der Waals surface area contributed by atoms with Gasteiger partial charge in [0.1, 0.15) is 5.82 Å². The van der Waals surface area contributed by atoms with Gasteiger partial charge < -0.3 is 15.8 Å². The van der Waals surface area contributed by atoms with Gasteiger partial charge in [0.2, 0.25) is 0 Å². The van der Waals surface area contributed by atoms with E-state index in [0.717, 1.165) is 5.56 Å². The third-order valence-electron chi connectivity index (χ3n) is 2.88. The first kappa shape index (κ1) is 15.5. The van der Waals surface area contributed by atoms with Crippen molar-refractivity contribution in [1.29, 1.82) is 0 Å². The van der Waals surface area contributed by atoms with Crippen LogP contribution in [0.2, 0.25) is 0 Å². The summed E-state index contributed by atoms with van der Waals surface area (Å²) in [5, 5.41) is 2.34. The molecule has 0 saturated carbocycles. The molecule has 0 aliphatic carbocycles. The zero-order valence-electron chi connectivity index (χ0n) is 11.9. The highest BCUT2D eigenvalue weighted by atomic mass is 19.1. The van der Waals surface area contributed by atoms with Gasteiger partial charge in [-0.25, -0.2) is 9.18 Å². The Labute approximate surface area is 126 Å². The van der Waals surface area contributed by atoms with Crippen molar-refractivity contribution in [3.63, 3.8) is 0 Å². The van der Waals surface area contributed by atoms with Gasteiger partial charge in [0.15, 0.2) is 6.61 Å². The van der Waals surface area contributed by atoms with Crippen molar-refractivity contribution in [2.24, 2.45) is 0 Å². The van der Waals surface area contributed by atoms with Crippen molar-refractivity contribution in [1.82, 2.24) is 0 Å². The molecule has 1 amide bonds. The fraction of sp³-hybridized carbons (Fsp3) is 0.125. The molecule has 0 bridgehead atoms. The number of hydrogen-bond donors (Lipinski definition) is 2. The summed E-state index contributed by atoms with van der Waals surface area (Å²) in [4.78, 5) is 23.4. The predicted octanol–water partition coefficient (Wildman–Crippen LogP) is 2.51. The van der Waals surface area contributed by atoms with E-state index in [0.29, 0.717) is 5.69 Å². The van der Waals surface area contributed by atoms with Crippen molar-refractivity contribution in [2.75, 3.05) is 17.7 Å². The highest BCUT2D eigenvalue weighted by molar-refractivity contribution is 5.95. The molecular weight excluding hydrogens is 287 g/mol. The number of nitrogen functional groups attached to an aromatic ring is 1. The summed E-state index contributed by atoms with van der Waals surface area (Å²) in [6.07, 6.45) is 0. The van der Waals surface area contributed by atoms with Crippen LogP contribution in [0.4, 0.5) is 15.8 Å². The number of ether oxygens (including phenoxy) is 1. The van der Waals surface area contributed by atoms with Gasteiger partial charge in [-0.1, -0.05) is 6.07 Å². The third kappa shape index (κ3) is 4.05. The predicted molar refractivity (Wildman–Crippen MR) is 80.9 cm³/mol. The quantitative estimate of drug-likeness (QED) is 0.671. The number of amides is 1. The van der Waals surface area contributed by atoms with Gasteiger partial charge in [-0.15, -0.1) is 0 Å². The maximum atomic E-state index is 13.6. The third-order valence-corrected chi connectivity index (χ3v) is 2.88. The van der Waals surface area contributed by atoms with Gasteiger partial charge in [0.25, 0.3) is 5.91 Å². The van der Waals surface area contributed by atoms with Crippen LogP contribution in [-0.4, -0.2) is 18.5 Å². The Morgan fingerprint density at radius 3 is 2.50 bits per heavy atom. The van der Waals surface area contributed by atoms with Gasteiger partial charge >= 0.3 is 5.97 Å². The summed E-state index contributed by atoms with van der Waals surface area (Å²) in [5.74, 6) is -1.82. The molecule has 114 valence electrons. The number of hydrogen-bond acceptors (Lipinski definition) is 4. The molecule has 6 heteroatoms. The minimum absolute atomic E-state index is 0.0409. The van der Waals surface area contributed by atoms with E-state index in [1.807, 2.05) is 0 Å². The lowest BCUT2D eigenvalue weighted by molar-refractivity contribution is -0.119. The van der Waals surface area contributed by atoms with Gasteiger partial charge in [-0.3, -0.25) is 4.79 Å². The Morgan fingerprint density at radius 1 is 1.18 bits per heavy atom. The van der Waals surface area contributed by atoms with E-state index in [-0.39, 0.29) is 11.3 Å². The minimum Gasteiger partial charge on any atom is -0.452 e. The Kier molecular flexibility index (Phi) is 4.73. The van der Waals surface area contributed by atoms with E-state index in [4.69, 9.17) is 10.5 Å². The SMILES string of the molecule is Cc1ccc(NC(=O)COC(=O)c2ccc(N)cc2)c(F)c1. The molecule has 0 spiro atoms. The second-order valence-corrected chi connectivity index (χ2v) is 4.73. The number of carbonyl (C=O) groups is 2. The number of rotatable bonds is 4. The summed E-state index contributed by atoms with van der Waals surface area (Å²) in [6.45, 7) is 1.24. The number of aryl methyl sites for hydroxylation is 1. The molecule has 2 rings (SSSR count). The van der Waals surface area contributed by atoms with Crippen LogP contribution in [0.1, 0.15) is 15.9 Å². The number of benzene rings is 2. The molecule has 3 N–H and O–H groups in total. The summed E-state index contributed by atoms with van der Waals surface area (Å²) < 4.78 is 18.4. The van der Waals surface area contributed by atoms with E-state index in [2.05, 4.69) is 5.32 Å². The fourth-order valence-corrected chi connectivity index (χ4v) is 1.74. The lowest BCUT2D eigenvalue weighted by Crippen LogP contribution is -2.21. The van der Waals surface area contributed by atoms with Gasteiger partial charge in [0.05, 0.1) is 11.3 Å². The van der Waals surface area contributed by atoms with Crippen LogP contribution >= 0.6 is 0 Å². The molecular formula is C16H15FN2O3. The molecule has 0 radical (unpaired) electrons. The Morgan fingerprint density at radius 2 is 1.86 bits per heavy atom. The van der Waals surface area contributed by atoms with E-state index >= 15 is 0 Å². The van der Waals surface area contributed by atoms with E-state index in [9.17, 15) is 14.0 Å². The summed E-state index contributed by atoms with van der Waals surface area (Å²) in [7, 11) is 0. The molecule has 5 nitrogen and oxygen atoms in total. The standard InChI is InChI=1S/C16H15FN2O3/c1-10-2-7-14(13(17)8-10)19-15(20)9-22-16(21)11-3-5-12(18)6-4-11/h2-8H,9,18H2,1H3,(H,19,20). The maximum absolute atomic E-state index is 13.6. The molecule has 0 heterocycles. The van der Waals surface area contributed by atoms with Gasteiger partial charge in [-0.2, -0.15) is 0 Å². The van der Waals surface area contributed by atoms with Gasteiger partial charge in [-0.05, 0) is 48.9 Å². The van der Waals surface area contributed by atoms with Crippen LogP contribution in [0.25, 0.3) is 0 Å². The monoisotopic (exact) mass is 302 g/mol. The number of nitrogens with one attached hydrogen (secondary N) is 1. The van der Waals surface area contributed by atoms with Crippen LogP contribution in [0, 0.1) is 12.7 Å². The highest BCUT2D eigenvalue weighted by Gasteiger charge is 2.11. The molecule has 2 aromatic carbocycles. The smallest absolute Gasteiger partial charge is 0.338 e. The minimum atomic E-state index is -0.653. The molecule has 0 atom stereocenters. The number of anilines is 2. The van der Waals surface area contributed by atoms with E-state index < -0.39 is 24.3 Å². The normalized spacial score (nSPS) is 10.1. The van der Waals surface area contributed by atoms with Crippen LogP contribution in [-0.2, 0) is 9.53 Å². The second kappa shape index (κ2) is 6.71. The molecule has 0 aromatic heterocycles. The van der Waals surface area contributed by atoms with Crippen molar-refractivity contribution in [3.8, 4) is 0 Å². The fourth-order valence-electron chi connectivity index (χ4n) is 1.74. The molecule has 22 heavy (non-hydrogen) atoms. The first-order valence-corrected chi connectivity index (χ1v) is 6.54.